The molecule has 0 aliphatic carbocycles. The highest BCUT2D eigenvalue weighted by atomic mass is 16.6. The van der Waals surface area contributed by atoms with Gasteiger partial charge in [-0.3, -0.25) is 4.79 Å². The smallest absolute Gasteiger partial charge is 0.132 e. The van der Waals surface area contributed by atoms with Gasteiger partial charge in [0.1, 0.15) is 11.4 Å². The van der Waals surface area contributed by atoms with Crippen LogP contribution in [0.4, 0.5) is 0 Å². The Morgan fingerprint density at radius 1 is 1.44 bits per heavy atom. The van der Waals surface area contributed by atoms with E-state index in [4.69, 9.17) is 14.2 Å². The number of hydrogen-bond acceptors (Lipinski definition) is 4. The Morgan fingerprint density at radius 2 is 2.31 bits per heavy atom. The molecule has 0 radical (unpaired) electrons. The van der Waals surface area contributed by atoms with E-state index in [9.17, 15) is 4.79 Å². The van der Waals surface area contributed by atoms with E-state index in [1.54, 1.807) is 6.92 Å². The molecule has 4 atom stereocenters. The fourth-order valence-electron chi connectivity index (χ4n) is 3.22. The minimum atomic E-state index is -0.249. The van der Waals surface area contributed by atoms with E-state index in [1.165, 1.54) is 0 Å². The van der Waals surface area contributed by atoms with Crippen LogP contribution in [0.3, 0.4) is 0 Å². The van der Waals surface area contributed by atoms with Gasteiger partial charge in [-0.15, -0.1) is 0 Å². The summed E-state index contributed by atoms with van der Waals surface area (Å²) in [5.41, 5.74) is -0.249. The standard InChI is InChI=1S/C12H18O4/c1-8(13)4-9-2-3-11-12(16-9)5-10(15-11)6-14-7-12/h9-11H,2-7H2,1H3/t9?,10-,11+,12?/m1/s1. The first-order valence-corrected chi connectivity index (χ1v) is 6.08. The Kier molecular flexibility index (Phi) is 2.53. The lowest BCUT2D eigenvalue weighted by atomic mass is 9.85. The van der Waals surface area contributed by atoms with Gasteiger partial charge in [-0.2, -0.15) is 0 Å². The Hall–Kier alpha value is -0.450. The lowest BCUT2D eigenvalue weighted by Crippen LogP contribution is -2.52. The molecule has 3 saturated heterocycles. The summed E-state index contributed by atoms with van der Waals surface area (Å²) in [6.07, 6.45) is 3.85. The molecule has 16 heavy (non-hydrogen) atoms. The summed E-state index contributed by atoms with van der Waals surface area (Å²) >= 11 is 0. The van der Waals surface area contributed by atoms with Crippen molar-refractivity contribution in [3.8, 4) is 0 Å². The summed E-state index contributed by atoms with van der Waals surface area (Å²) in [7, 11) is 0. The molecular weight excluding hydrogens is 208 g/mol. The van der Waals surface area contributed by atoms with Gasteiger partial charge in [0.15, 0.2) is 0 Å². The van der Waals surface area contributed by atoms with Crippen LogP contribution < -0.4 is 0 Å². The average molecular weight is 226 g/mol. The molecule has 3 aliphatic heterocycles. The molecule has 4 heteroatoms. The van der Waals surface area contributed by atoms with Crippen molar-refractivity contribution in [3.63, 3.8) is 0 Å². The molecule has 3 aliphatic rings. The van der Waals surface area contributed by atoms with Crippen molar-refractivity contribution in [2.24, 2.45) is 0 Å². The van der Waals surface area contributed by atoms with Crippen LogP contribution in [0.5, 0.6) is 0 Å². The second-order valence-electron chi connectivity index (χ2n) is 5.25. The normalized spacial score (nSPS) is 46.4. The second kappa shape index (κ2) is 3.79. The molecule has 3 fully saturated rings. The molecule has 90 valence electrons. The van der Waals surface area contributed by atoms with E-state index < -0.39 is 0 Å². The number of hydrogen-bond donors (Lipinski definition) is 0. The van der Waals surface area contributed by atoms with Gasteiger partial charge in [-0.25, -0.2) is 0 Å². The number of ketones is 1. The summed E-state index contributed by atoms with van der Waals surface area (Å²) < 4.78 is 17.5. The van der Waals surface area contributed by atoms with Crippen molar-refractivity contribution in [2.45, 2.75) is 56.5 Å². The molecule has 3 heterocycles. The van der Waals surface area contributed by atoms with Crippen LogP contribution in [0.2, 0.25) is 0 Å². The second-order valence-corrected chi connectivity index (χ2v) is 5.25. The SMILES string of the molecule is CC(=O)CC1CC[C@@H]2O[C@H]3COCC2(C3)O1. The van der Waals surface area contributed by atoms with Crippen LogP contribution in [0, 0.1) is 0 Å². The maximum atomic E-state index is 11.1. The third-order valence-corrected chi connectivity index (χ3v) is 3.83. The van der Waals surface area contributed by atoms with Crippen molar-refractivity contribution >= 4 is 5.78 Å². The summed E-state index contributed by atoms with van der Waals surface area (Å²) in [6.45, 7) is 2.94. The summed E-state index contributed by atoms with van der Waals surface area (Å²) in [5, 5.41) is 0. The zero-order valence-electron chi connectivity index (χ0n) is 9.61. The maximum absolute atomic E-state index is 11.1. The van der Waals surface area contributed by atoms with Gasteiger partial charge in [0, 0.05) is 12.8 Å². The summed E-state index contributed by atoms with van der Waals surface area (Å²) in [5.74, 6) is 0.201. The van der Waals surface area contributed by atoms with E-state index in [2.05, 4.69) is 0 Å². The minimum absolute atomic E-state index is 0.0674. The highest BCUT2D eigenvalue weighted by Gasteiger charge is 2.55. The lowest BCUT2D eigenvalue weighted by molar-refractivity contribution is -0.185. The number of carbonyl (C=O) groups is 1. The molecule has 0 aromatic heterocycles. The zero-order chi connectivity index (χ0) is 11.2. The van der Waals surface area contributed by atoms with Crippen molar-refractivity contribution in [3.05, 3.63) is 0 Å². The third-order valence-electron chi connectivity index (χ3n) is 3.83. The molecule has 1 spiro atoms. The number of carbonyl (C=O) groups excluding carboxylic acids is 1. The van der Waals surface area contributed by atoms with Crippen LogP contribution in [0.1, 0.15) is 32.6 Å². The van der Waals surface area contributed by atoms with E-state index in [0.717, 1.165) is 19.3 Å². The lowest BCUT2D eigenvalue weighted by Gasteiger charge is -2.42. The van der Waals surface area contributed by atoms with Crippen molar-refractivity contribution in [1.82, 2.24) is 0 Å². The molecule has 4 nitrogen and oxygen atoms in total. The quantitative estimate of drug-likeness (QED) is 0.706. The van der Waals surface area contributed by atoms with Gasteiger partial charge < -0.3 is 14.2 Å². The molecule has 0 aromatic rings. The van der Waals surface area contributed by atoms with Crippen LogP contribution >= 0.6 is 0 Å². The Bertz CT molecular complexity index is 303. The van der Waals surface area contributed by atoms with Gasteiger partial charge >= 0.3 is 0 Å². The Labute approximate surface area is 95.2 Å². The molecule has 0 saturated carbocycles. The number of ether oxygens (including phenoxy) is 3. The van der Waals surface area contributed by atoms with Crippen molar-refractivity contribution in [1.29, 1.82) is 0 Å². The maximum Gasteiger partial charge on any atom is 0.132 e. The summed E-state index contributed by atoms with van der Waals surface area (Å²) in [4.78, 5) is 11.1. The fourth-order valence-corrected chi connectivity index (χ4v) is 3.22. The Morgan fingerprint density at radius 3 is 3.12 bits per heavy atom. The largest absolute Gasteiger partial charge is 0.376 e. The molecule has 0 aromatic carbocycles. The van der Waals surface area contributed by atoms with Crippen LogP contribution in [0.15, 0.2) is 0 Å². The number of Topliss-reactive ketones (excluding diaryl/α,β-unsaturated/α-hetero) is 1. The first-order chi connectivity index (χ1) is 7.68. The van der Waals surface area contributed by atoms with E-state index in [1.807, 2.05) is 0 Å². The van der Waals surface area contributed by atoms with Gasteiger partial charge in [0.05, 0.1) is 31.5 Å². The topological polar surface area (TPSA) is 44.8 Å². The molecule has 0 N–H and O–H groups in total. The fraction of sp³-hybridized carbons (Fsp3) is 0.917. The van der Waals surface area contributed by atoms with Crippen LogP contribution in [0.25, 0.3) is 0 Å². The first-order valence-electron chi connectivity index (χ1n) is 6.08. The molecular formula is C12H18O4. The monoisotopic (exact) mass is 226 g/mol. The van der Waals surface area contributed by atoms with E-state index in [-0.39, 0.29) is 29.7 Å². The van der Waals surface area contributed by atoms with E-state index in [0.29, 0.717) is 19.6 Å². The predicted molar refractivity (Wildman–Crippen MR) is 56.2 cm³/mol. The average Bonchev–Trinajstić information content (AvgIpc) is 2.46. The zero-order valence-corrected chi connectivity index (χ0v) is 9.61. The highest BCUT2D eigenvalue weighted by molar-refractivity contribution is 5.76. The molecule has 3 rings (SSSR count). The molecule has 2 bridgehead atoms. The third kappa shape index (κ3) is 1.69. The van der Waals surface area contributed by atoms with Crippen LogP contribution in [-0.2, 0) is 19.0 Å². The number of rotatable bonds is 2. The highest BCUT2D eigenvalue weighted by Crippen LogP contribution is 2.44. The first kappa shape index (κ1) is 10.7. The minimum Gasteiger partial charge on any atom is -0.376 e. The van der Waals surface area contributed by atoms with Crippen molar-refractivity contribution < 1.29 is 19.0 Å². The van der Waals surface area contributed by atoms with Crippen LogP contribution in [-0.4, -0.2) is 42.9 Å². The van der Waals surface area contributed by atoms with Gasteiger partial charge in [0.25, 0.3) is 0 Å². The van der Waals surface area contributed by atoms with Gasteiger partial charge in [-0.1, -0.05) is 0 Å². The van der Waals surface area contributed by atoms with Crippen molar-refractivity contribution in [2.75, 3.05) is 13.2 Å². The predicted octanol–water partition coefficient (Wildman–Crippen LogP) is 1.07. The van der Waals surface area contributed by atoms with Gasteiger partial charge in [-0.05, 0) is 19.8 Å². The Balaban J connectivity index is 1.73. The summed E-state index contributed by atoms with van der Waals surface area (Å²) in [6, 6.07) is 0. The molecule has 2 unspecified atom stereocenters. The number of fused-ring (bicyclic) bond motifs is 1. The molecule has 0 amide bonds. The van der Waals surface area contributed by atoms with Gasteiger partial charge in [0.2, 0.25) is 0 Å². The van der Waals surface area contributed by atoms with E-state index >= 15 is 0 Å².